The van der Waals surface area contributed by atoms with E-state index in [0.717, 1.165) is 37.8 Å². The molecule has 1 saturated carbocycles. The van der Waals surface area contributed by atoms with Crippen LogP contribution in [0.1, 0.15) is 62.5 Å². The molecule has 2 aromatic carbocycles. The van der Waals surface area contributed by atoms with Crippen LogP contribution in [0, 0.1) is 29.2 Å². The average molecular weight is 500 g/mol. The molecule has 11 heteroatoms. The van der Waals surface area contributed by atoms with Gasteiger partial charge >= 0.3 is 12.5 Å². The first-order valence-electron chi connectivity index (χ1n) is 10.6. The van der Waals surface area contributed by atoms with E-state index in [1.165, 1.54) is 0 Å². The lowest BCUT2D eigenvalue weighted by atomic mass is 9.77. The molecule has 0 spiro atoms. The Hall–Kier alpha value is -2.59. The lowest BCUT2D eigenvalue weighted by Gasteiger charge is -2.29. The molecule has 0 unspecified atom stereocenters. The minimum atomic E-state index is -5.45. The van der Waals surface area contributed by atoms with Crippen LogP contribution in [0.5, 0.6) is 11.5 Å². The van der Waals surface area contributed by atoms with E-state index in [1.54, 1.807) is 0 Å². The fourth-order valence-corrected chi connectivity index (χ4v) is 4.31. The second-order valence-electron chi connectivity index (χ2n) is 8.25. The van der Waals surface area contributed by atoms with Crippen molar-refractivity contribution in [3.05, 3.63) is 58.7 Å². The highest BCUT2D eigenvalue weighted by Crippen LogP contribution is 2.41. The van der Waals surface area contributed by atoms with Crippen molar-refractivity contribution in [1.82, 2.24) is 0 Å². The zero-order valence-electron chi connectivity index (χ0n) is 17.9. The molecule has 0 radical (unpaired) electrons. The summed E-state index contributed by atoms with van der Waals surface area (Å²) in [6.07, 6.45) is -5.09. The predicted octanol–water partition coefficient (Wildman–Crippen LogP) is 8.34. The van der Waals surface area contributed by atoms with Crippen molar-refractivity contribution in [3.63, 3.8) is 0 Å². The number of halogens is 9. The highest BCUT2D eigenvalue weighted by Gasteiger charge is 2.42. The molecule has 1 aliphatic rings. The van der Waals surface area contributed by atoms with Gasteiger partial charge in [-0.1, -0.05) is 19.8 Å². The van der Waals surface area contributed by atoms with E-state index in [9.17, 15) is 39.5 Å². The number of rotatable bonds is 7. The molecule has 0 atom stereocenters. The normalized spacial score (nSPS) is 19.2. The minimum absolute atomic E-state index is 0.0169. The number of hydrogen-bond donors (Lipinski definition) is 0. The summed E-state index contributed by atoms with van der Waals surface area (Å²) < 4.78 is 130. The molecule has 2 nitrogen and oxygen atoms in total. The Kier molecular flexibility index (Phi) is 7.62. The molecule has 0 saturated heterocycles. The molecule has 34 heavy (non-hydrogen) atoms. The first kappa shape index (κ1) is 26.0. The Morgan fingerprint density at radius 2 is 1.29 bits per heavy atom. The molecule has 0 amide bonds. The van der Waals surface area contributed by atoms with Gasteiger partial charge in [0.15, 0.2) is 11.6 Å². The van der Waals surface area contributed by atoms with Crippen LogP contribution in [0.25, 0.3) is 0 Å². The Morgan fingerprint density at radius 1 is 0.765 bits per heavy atom. The van der Waals surface area contributed by atoms with Crippen LogP contribution in [-0.4, -0.2) is 6.36 Å². The molecule has 0 bridgehead atoms. The smallest absolute Gasteiger partial charge is 0.429 e. The molecule has 0 aliphatic heterocycles. The maximum atomic E-state index is 14.6. The third kappa shape index (κ3) is 6.09. The maximum Gasteiger partial charge on any atom is 0.573 e. The van der Waals surface area contributed by atoms with Crippen LogP contribution in [0.4, 0.5) is 39.5 Å². The largest absolute Gasteiger partial charge is 0.573 e. The van der Waals surface area contributed by atoms with Crippen LogP contribution < -0.4 is 9.47 Å². The summed E-state index contributed by atoms with van der Waals surface area (Å²) in [6, 6.07) is 1.53. The van der Waals surface area contributed by atoms with Gasteiger partial charge in [0.25, 0.3) is 0 Å². The fourth-order valence-electron chi connectivity index (χ4n) is 4.31. The highest BCUT2D eigenvalue weighted by atomic mass is 19.4. The molecule has 0 N–H and O–H groups in total. The van der Waals surface area contributed by atoms with E-state index in [1.807, 2.05) is 0 Å². The van der Waals surface area contributed by atoms with Gasteiger partial charge in [0, 0.05) is 12.1 Å². The lowest BCUT2D eigenvalue weighted by Crippen LogP contribution is -2.26. The number of ether oxygens (including phenoxy) is 2. The van der Waals surface area contributed by atoms with Crippen molar-refractivity contribution in [3.8, 4) is 11.5 Å². The van der Waals surface area contributed by atoms with Crippen molar-refractivity contribution in [2.45, 2.75) is 63.8 Å². The average Bonchev–Trinajstić information content (AvgIpc) is 2.70. The van der Waals surface area contributed by atoms with Gasteiger partial charge in [-0.25, -0.2) is 17.6 Å². The zero-order valence-corrected chi connectivity index (χ0v) is 17.9. The molecular formula is C23H21F9O2. The quantitative estimate of drug-likeness (QED) is 0.356. The van der Waals surface area contributed by atoms with Crippen molar-refractivity contribution >= 4 is 0 Å². The van der Waals surface area contributed by atoms with E-state index in [-0.39, 0.29) is 23.6 Å². The Labute approximate surface area is 189 Å². The third-order valence-electron chi connectivity index (χ3n) is 5.81. The summed E-state index contributed by atoms with van der Waals surface area (Å²) in [5, 5.41) is 0. The van der Waals surface area contributed by atoms with Crippen molar-refractivity contribution < 1.29 is 49.0 Å². The summed E-state index contributed by atoms with van der Waals surface area (Å²) in [5.74, 6) is -10.1. The van der Waals surface area contributed by atoms with Gasteiger partial charge < -0.3 is 9.47 Å². The van der Waals surface area contributed by atoms with Gasteiger partial charge in [-0.3, -0.25) is 0 Å². The molecule has 188 valence electrons. The summed E-state index contributed by atoms with van der Waals surface area (Å²) in [4.78, 5) is 0. The third-order valence-corrected chi connectivity index (χ3v) is 5.81. The molecule has 0 heterocycles. The monoisotopic (exact) mass is 500 g/mol. The number of hydrogen-bond acceptors (Lipinski definition) is 2. The van der Waals surface area contributed by atoms with Crippen LogP contribution in [0.2, 0.25) is 0 Å². The Balaban J connectivity index is 1.81. The van der Waals surface area contributed by atoms with Crippen molar-refractivity contribution in [2.24, 2.45) is 5.92 Å². The van der Waals surface area contributed by atoms with E-state index < -0.39 is 52.8 Å². The molecule has 3 rings (SSSR count). The first-order chi connectivity index (χ1) is 15.8. The topological polar surface area (TPSA) is 18.5 Å². The molecule has 0 aromatic heterocycles. The van der Waals surface area contributed by atoms with Crippen LogP contribution in [-0.2, 0) is 6.11 Å². The summed E-state index contributed by atoms with van der Waals surface area (Å²) >= 11 is 0. The van der Waals surface area contributed by atoms with E-state index in [4.69, 9.17) is 0 Å². The standard InChI is InChI=1S/C23H21F9O2/c1-2-3-12-4-6-13(7-5-12)14-8-16(24)20(17(25)9-14)22(28,29)33-15-10-18(26)21(19(27)11-15)34-23(30,31)32/h8-13H,2-7H2,1H3. The maximum absolute atomic E-state index is 14.6. The minimum Gasteiger partial charge on any atom is -0.429 e. The first-order valence-corrected chi connectivity index (χ1v) is 10.6. The highest BCUT2D eigenvalue weighted by molar-refractivity contribution is 5.37. The Bertz CT molecular complexity index is 966. The SMILES string of the molecule is CCCC1CCC(c2cc(F)c(C(F)(F)Oc3cc(F)c(OC(F)(F)F)c(F)c3)c(F)c2)CC1. The Morgan fingerprint density at radius 3 is 1.76 bits per heavy atom. The second kappa shape index (κ2) is 9.95. The summed E-state index contributed by atoms with van der Waals surface area (Å²) in [6.45, 7) is 2.06. The number of alkyl halides is 5. The van der Waals surface area contributed by atoms with Crippen LogP contribution in [0.15, 0.2) is 24.3 Å². The van der Waals surface area contributed by atoms with Gasteiger partial charge in [0.1, 0.15) is 22.9 Å². The van der Waals surface area contributed by atoms with E-state index in [0.29, 0.717) is 18.8 Å². The van der Waals surface area contributed by atoms with Gasteiger partial charge in [0.2, 0.25) is 5.75 Å². The molecule has 1 fully saturated rings. The molecule has 2 aromatic rings. The fraction of sp³-hybridized carbons (Fsp3) is 0.478. The summed E-state index contributed by atoms with van der Waals surface area (Å²) in [5.41, 5.74) is -1.57. The van der Waals surface area contributed by atoms with E-state index in [2.05, 4.69) is 16.4 Å². The van der Waals surface area contributed by atoms with Gasteiger partial charge in [-0.15, -0.1) is 13.2 Å². The lowest BCUT2D eigenvalue weighted by molar-refractivity contribution is -0.276. The predicted molar refractivity (Wildman–Crippen MR) is 104 cm³/mol. The van der Waals surface area contributed by atoms with Gasteiger partial charge in [-0.05, 0) is 55.2 Å². The molecular weight excluding hydrogens is 479 g/mol. The summed E-state index contributed by atoms with van der Waals surface area (Å²) in [7, 11) is 0. The van der Waals surface area contributed by atoms with Crippen LogP contribution >= 0.6 is 0 Å². The number of benzene rings is 2. The molecule has 1 aliphatic carbocycles. The van der Waals surface area contributed by atoms with Crippen LogP contribution in [0.3, 0.4) is 0 Å². The second-order valence-corrected chi connectivity index (χ2v) is 8.25. The zero-order chi connectivity index (χ0) is 25.3. The van der Waals surface area contributed by atoms with E-state index >= 15 is 0 Å². The van der Waals surface area contributed by atoms with Gasteiger partial charge in [-0.2, -0.15) is 8.78 Å². The van der Waals surface area contributed by atoms with Gasteiger partial charge in [0.05, 0.1) is 0 Å². The van der Waals surface area contributed by atoms with Crippen molar-refractivity contribution in [1.29, 1.82) is 0 Å². The van der Waals surface area contributed by atoms with Crippen molar-refractivity contribution in [2.75, 3.05) is 0 Å².